The van der Waals surface area contributed by atoms with Gasteiger partial charge in [-0.2, -0.15) is 0 Å². The zero-order valence-corrected chi connectivity index (χ0v) is 31.0. The summed E-state index contributed by atoms with van der Waals surface area (Å²) in [6, 6.07) is 12.2. The molecule has 254 valence electrons. The molecule has 1 atom stereocenters. The third-order valence-corrected chi connectivity index (χ3v) is 21.0. The number of rotatable bonds is 9. The SMILES string of the molecule is Cc1cc(C)c(-c2cccc(-c3c(C)cc(C)cc3C)c2N([As](C)OS(=O)(=O)C(F)(F)F)[Si](C)(C)OS(=O)(=O)C(F)(F)F)c(C)c1. The van der Waals surface area contributed by atoms with Gasteiger partial charge < -0.3 is 0 Å². The summed E-state index contributed by atoms with van der Waals surface area (Å²) in [6.45, 7) is 12.9. The first-order chi connectivity index (χ1) is 20.7. The monoisotopic (exact) mass is 773 g/mol. The van der Waals surface area contributed by atoms with Gasteiger partial charge in [0.2, 0.25) is 0 Å². The Balaban J connectivity index is 2.60. The molecular weight excluding hydrogens is 739 g/mol. The zero-order valence-electron chi connectivity index (χ0n) is 26.5. The van der Waals surface area contributed by atoms with Crippen molar-refractivity contribution in [2.24, 2.45) is 0 Å². The molecule has 0 N–H and O–H groups in total. The van der Waals surface area contributed by atoms with Crippen molar-refractivity contribution in [3.63, 3.8) is 0 Å². The number of anilines is 1. The van der Waals surface area contributed by atoms with Crippen LogP contribution in [0.5, 0.6) is 0 Å². The van der Waals surface area contributed by atoms with Crippen molar-refractivity contribution in [3.8, 4) is 22.3 Å². The molecule has 3 rings (SSSR count). The molecule has 17 heteroatoms. The van der Waals surface area contributed by atoms with Crippen LogP contribution in [0.3, 0.4) is 0 Å². The fourth-order valence-electron chi connectivity index (χ4n) is 5.70. The van der Waals surface area contributed by atoms with Gasteiger partial charge in [-0.15, -0.1) is 0 Å². The van der Waals surface area contributed by atoms with Gasteiger partial charge in [0.05, 0.1) is 0 Å². The first-order valence-corrected chi connectivity index (χ1v) is 22.7. The van der Waals surface area contributed by atoms with E-state index in [1.165, 1.54) is 0 Å². The summed E-state index contributed by atoms with van der Waals surface area (Å²) < 4.78 is 142. The molecule has 0 fully saturated rings. The second kappa shape index (κ2) is 12.9. The van der Waals surface area contributed by atoms with Crippen LogP contribution in [0, 0.1) is 41.5 Å². The van der Waals surface area contributed by atoms with Gasteiger partial charge >= 0.3 is 273 Å². The van der Waals surface area contributed by atoms with Gasteiger partial charge in [0.1, 0.15) is 0 Å². The van der Waals surface area contributed by atoms with Crippen LogP contribution in [0.1, 0.15) is 33.4 Å². The molecule has 0 saturated heterocycles. The van der Waals surface area contributed by atoms with Crippen LogP contribution in [-0.4, -0.2) is 51.5 Å². The van der Waals surface area contributed by atoms with E-state index < -0.39 is 55.0 Å². The summed E-state index contributed by atoms with van der Waals surface area (Å²) in [6.07, 6.45) is 0. The van der Waals surface area contributed by atoms with Crippen molar-refractivity contribution in [1.82, 2.24) is 0 Å². The third kappa shape index (κ3) is 7.68. The van der Waals surface area contributed by atoms with E-state index in [-0.39, 0.29) is 5.69 Å². The van der Waals surface area contributed by atoms with Gasteiger partial charge in [-0.1, -0.05) is 0 Å². The Kier molecular flexibility index (Phi) is 10.7. The van der Waals surface area contributed by atoms with Crippen molar-refractivity contribution in [1.29, 1.82) is 0 Å². The number of alkyl halides is 6. The molecule has 0 saturated carbocycles. The number of nitrogens with zero attached hydrogens (tertiary/aromatic N) is 1. The van der Waals surface area contributed by atoms with Crippen LogP contribution in [0.25, 0.3) is 22.3 Å². The van der Waals surface area contributed by atoms with Crippen molar-refractivity contribution in [2.45, 2.75) is 71.4 Å². The maximum absolute atomic E-state index is 13.7. The Morgan fingerprint density at radius 1 is 0.674 bits per heavy atom. The van der Waals surface area contributed by atoms with Gasteiger partial charge in [-0.25, -0.2) is 0 Å². The number of benzene rings is 3. The van der Waals surface area contributed by atoms with E-state index in [1.807, 2.05) is 38.1 Å². The van der Waals surface area contributed by atoms with Crippen LogP contribution in [-0.2, 0) is 27.3 Å². The normalized spacial score (nSPS) is 14.0. The third-order valence-electron chi connectivity index (χ3n) is 7.02. The van der Waals surface area contributed by atoms with Gasteiger partial charge in [0.25, 0.3) is 0 Å². The number of aryl methyl sites for hydroxylation is 6. The quantitative estimate of drug-likeness (QED) is 0.123. The molecule has 1 unspecified atom stereocenters. The molecule has 0 radical (unpaired) electrons. The fourth-order valence-corrected chi connectivity index (χ4v) is 19.6. The minimum absolute atomic E-state index is 0.00141. The maximum atomic E-state index is 13.7. The Morgan fingerprint density at radius 2 is 1.02 bits per heavy atom. The molecule has 0 bridgehead atoms. The molecule has 0 aromatic heterocycles. The van der Waals surface area contributed by atoms with Gasteiger partial charge in [-0.05, 0) is 0 Å². The van der Waals surface area contributed by atoms with E-state index in [2.05, 4.69) is 0 Å². The van der Waals surface area contributed by atoms with E-state index in [0.29, 0.717) is 44.5 Å². The number of hydrogen-bond donors (Lipinski definition) is 0. The van der Waals surface area contributed by atoms with E-state index in [9.17, 15) is 43.2 Å². The summed E-state index contributed by atoms with van der Waals surface area (Å²) in [4.78, 5) is 0. The Hall–Kier alpha value is -2.36. The Labute approximate surface area is 271 Å². The standard InChI is InChI=1S/C29H34AsF6NO6S2Si/c1-17-13-19(3)25(20(4)14-17)23-11-10-12-24(26-21(5)15-18(2)16-22(26)6)27(23)37(30(7)42-44(38,39)28(31,32)33)46(8,9)43-45(40,41)29(34,35)36/h10-16H,1-9H3. The Bertz CT molecular complexity index is 1760. The van der Waals surface area contributed by atoms with Crippen molar-refractivity contribution in [3.05, 3.63) is 75.8 Å². The van der Waals surface area contributed by atoms with Crippen LogP contribution in [0.2, 0.25) is 18.8 Å². The van der Waals surface area contributed by atoms with E-state index >= 15 is 0 Å². The summed E-state index contributed by atoms with van der Waals surface area (Å²) >= 11 is -4.19. The van der Waals surface area contributed by atoms with Gasteiger partial charge in [0, 0.05) is 0 Å². The second-order valence-electron chi connectivity index (χ2n) is 11.4. The first kappa shape index (κ1) is 38.1. The van der Waals surface area contributed by atoms with E-state index in [1.54, 1.807) is 45.9 Å². The van der Waals surface area contributed by atoms with Crippen molar-refractivity contribution in [2.75, 3.05) is 3.48 Å². The van der Waals surface area contributed by atoms with E-state index in [0.717, 1.165) is 33.4 Å². The molecule has 3 aromatic rings. The second-order valence-corrected chi connectivity index (χ2v) is 22.9. The molecule has 3 aromatic carbocycles. The van der Waals surface area contributed by atoms with Crippen LogP contribution >= 0.6 is 0 Å². The fraction of sp³-hybridized carbons (Fsp3) is 0.379. The number of halogens is 6. The van der Waals surface area contributed by atoms with Crippen LogP contribution in [0.4, 0.5) is 32.0 Å². The first-order valence-electron chi connectivity index (χ1n) is 13.6. The van der Waals surface area contributed by atoms with Crippen LogP contribution < -0.4 is 3.48 Å². The molecule has 0 amide bonds. The Morgan fingerprint density at radius 3 is 1.35 bits per heavy atom. The molecular formula is C29H34AsF6NO6S2Si. The molecule has 0 spiro atoms. The predicted octanol–water partition coefficient (Wildman–Crippen LogP) is 8.23. The molecule has 7 nitrogen and oxygen atoms in total. The van der Waals surface area contributed by atoms with Crippen molar-refractivity contribution >= 4 is 49.6 Å². The number of para-hydroxylation sites is 1. The molecule has 0 aliphatic carbocycles. The van der Waals surface area contributed by atoms with Gasteiger partial charge in [0.15, 0.2) is 0 Å². The summed E-state index contributed by atoms with van der Waals surface area (Å²) in [5.41, 5.74) is -4.35. The van der Waals surface area contributed by atoms with E-state index in [4.69, 9.17) is 7.04 Å². The van der Waals surface area contributed by atoms with Crippen LogP contribution in [0.15, 0.2) is 42.5 Å². The minimum atomic E-state index is -6.30. The number of hydrogen-bond acceptors (Lipinski definition) is 7. The summed E-state index contributed by atoms with van der Waals surface area (Å²) in [5.74, 6) is 0. The summed E-state index contributed by atoms with van der Waals surface area (Å²) in [7, 11) is -17.2. The molecule has 0 heterocycles. The molecule has 0 aliphatic heterocycles. The average Bonchev–Trinajstić information content (AvgIpc) is 2.81. The zero-order chi connectivity index (χ0) is 35.4. The average molecular weight is 774 g/mol. The molecule has 46 heavy (non-hydrogen) atoms. The predicted molar refractivity (Wildman–Crippen MR) is 169 cm³/mol. The molecule has 0 aliphatic rings. The van der Waals surface area contributed by atoms with Gasteiger partial charge in [-0.3, -0.25) is 0 Å². The summed E-state index contributed by atoms with van der Waals surface area (Å²) in [5, 5.41) is 0. The topological polar surface area (TPSA) is 90.0 Å². The van der Waals surface area contributed by atoms with Crippen molar-refractivity contribution < 1.29 is 50.2 Å².